The summed E-state index contributed by atoms with van der Waals surface area (Å²) in [5.41, 5.74) is 1.21. The van der Waals surface area contributed by atoms with Crippen molar-refractivity contribution in [3.8, 4) is 5.75 Å². The van der Waals surface area contributed by atoms with Crippen molar-refractivity contribution in [2.75, 3.05) is 64.4 Å². The molecule has 6 heteroatoms. The Morgan fingerprint density at radius 2 is 2.00 bits per heavy atom. The molecule has 2 rings (SSSR count). The molecular formula is C19H33N3O2S. The summed E-state index contributed by atoms with van der Waals surface area (Å²) in [6.45, 7) is 10.4. The molecule has 1 heterocycles. The van der Waals surface area contributed by atoms with Gasteiger partial charge in [-0.25, -0.2) is 0 Å². The van der Waals surface area contributed by atoms with Crippen molar-refractivity contribution in [1.82, 2.24) is 15.1 Å². The first-order valence-corrected chi connectivity index (χ1v) is 10.6. The Morgan fingerprint density at radius 1 is 1.24 bits per heavy atom. The summed E-state index contributed by atoms with van der Waals surface area (Å²) < 4.78 is 5.80. The van der Waals surface area contributed by atoms with Gasteiger partial charge in [-0.05, 0) is 30.5 Å². The molecule has 0 spiro atoms. The Kier molecular flexibility index (Phi) is 9.65. The maximum atomic E-state index is 10.3. The maximum absolute atomic E-state index is 10.3. The average molecular weight is 368 g/mol. The third kappa shape index (κ3) is 7.96. The van der Waals surface area contributed by atoms with Crippen molar-refractivity contribution < 1.29 is 9.84 Å². The van der Waals surface area contributed by atoms with Crippen LogP contribution in [-0.4, -0.2) is 85.4 Å². The van der Waals surface area contributed by atoms with E-state index >= 15 is 0 Å². The maximum Gasteiger partial charge on any atom is 0.119 e. The minimum atomic E-state index is -0.448. The van der Waals surface area contributed by atoms with E-state index in [1.807, 2.05) is 23.9 Å². The number of ether oxygens (including phenoxy) is 1. The zero-order valence-electron chi connectivity index (χ0n) is 15.6. The molecule has 0 saturated carbocycles. The lowest BCUT2D eigenvalue weighted by molar-refractivity contribution is 0.0471. The van der Waals surface area contributed by atoms with Crippen LogP contribution >= 0.6 is 11.8 Å². The van der Waals surface area contributed by atoms with Crippen molar-refractivity contribution in [3.63, 3.8) is 0 Å². The smallest absolute Gasteiger partial charge is 0.119 e. The second-order valence-electron chi connectivity index (χ2n) is 6.52. The van der Waals surface area contributed by atoms with E-state index in [-0.39, 0.29) is 0 Å². The molecule has 2 N–H and O–H groups in total. The predicted molar refractivity (Wildman–Crippen MR) is 107 cm³/mol. The number of likely N-dealkylation sites (N-methyl/N-ethyl adjacent to an activating group) is 1. The third-order valence-electron chi connectivity index (χ3n) is 4.53. The Bertz CT molecular complexity index is 481. The van der Waals surface area contributed by atoms with E-state index < -0.39 is 6.10 Å². The van der Waals surface area contributed by atoms with Gasteiger partial charge in [-0.2, -0.15) is 11.8 Å². The molecule has 142 valence electrons. The molecule has 1 atom stereocenters. The fourth-order valence-corrected chi connectivity index (χ4v) is 3.33. The number of rotatable bonds is 11. The first-order valence-electron chi connectivity index (χ1n) is 9.25. The van der Waals surface area contributed by atoms with Gasteiger partial charge in [0.05, 0.1) is 0 Å². The zero-order valence-corrected chi connectivity index (χ0v) is 16.4. The second-order valence-corrected chi connectivity index (χ2v) is 7.50. The number of piperazine rings is 1. The molecule has 1 aliphatic heterocycles. The van der Waals surface area contributed by atoms with Crippen molar-refractivity contribution in [1.29, 1.82) is 0 Å². The number of aliphatic hydroxyl groups is 1. The Morgan fingerprint density at radius 3 is 2.72 bits per heavy atom. The average Bonchev–Trinajstić information content (AvgIpc) is 2.65. The molecule has 1 fully saturated rings. The van der Waals surface area contributed by atoms with Crippen LogP contribution in [0, 0.1) is 0 Å². The van der Waals surface area contributed by atoms with Crippen LogP contribution in [0.25, 0.3) is 0 Å². The largest absolute Gasteiger partial charge is 0.491 e. The predicted octanol–water partition coefficient (Wildman–Crippen LogP) is 1.52. The topological polar surface area (TPSA) is 48.0 Å². The molecule has 1 aromatic carbocycles. The number of benzene rings is 1. The summed E-state index contributed by atoms with van der Waals surface area (Å²) in [4.78, 5) is 4.77. The highest BCUT2D eigenvalue weighted by Crippen LogP contribution is 2.14. The van der Waals surface area contributed by atoms with Crippen LogP contribution in [0.3, 0.4) is 0 Å². The molecule has 0 aromatic heterocycles. The van der Waals surface area contributed by atoms with E-state index in [0.29, 0.717) is 13.2 Å². The van der Waals surface area contributed by atoms with E-state index in [2.05, 4.69) is 40.4 Å². The van der Waals surface area contributed by atoms with Crippen LogP contribution in [0.5, 0.6) is 5.75 Å². The first kappa shape index (κ1) is 20.5. The van der Waals surface area contributed by atoms with Crippen molar-refractivity contribution in [2.45, 2.75) is 19.6 Å². The number of nitrogens with one attached hydrogen (secondary N) is 1. The molecule has 0 unspecified atom stereocenters. The minimum absolute atomic E-state index is 0.345. The summed E-state index contributed by atoms with van der Waals surface area (Å²) in [5.74, 6) is 1.95. The van der Waals surface area contributed by atoms with Gasteiger partial charge < -0.3 is 20.1 Å². The van der Waals surface area contributed by atoms with E-state index in [9.17, 15) is 5.11 Å². The van der Waals surface area contributed by atoms with Crippen LogP contribution in [0.15, 0.2) is 24.3 Å². The van der Waals surface area contributed by atoms with E-state index in [1.165, 1.54) is 5.56 Å². The lowest BCUT2D eigenvalue weighted by Gasteiger charge is -2.34. The molecule has 0 bridgehead atoms. The fraction of sp³-hybridized carbons (Fsp3) is 0.684. The van der Waals surface area contributed by atoms with Crippen molar-refractivity contribution in [2.24, 2.45) is 0 Å². The standard InChI is InChI=1S/C19H33N3O2S/c1-3-21-8-10-22(11-9-21)15-18(23)16-24-19-6-4-5-17(13-19)14-20-7-12-25-2/h4-6,13,18,20,23H,3,7-12,14-16H2,1-2H3/t18-/m1/s1. The Hall–Kier alpha value is -0.790. The zero-order chi connectivity index (χ0) is 17.9. The van der Waals surface area contributed by atoms with E-state index in [1.54, 1.807) is 0 Å². The summed E-state index contributed by atoms with van der Waals surface area (Å²) in [5, 5.41) is 13.7. The number of β-amino-alcohol motifs (C(OH)–C–C–N with tert-alkyl or cyclic N) is 1. The van der Waals surface area contributed by atoms with Crippen LogP contribution < -0.4 is 10.1 Å². The van der Waals surface area contributed by atoms with Gasteiger partial charge >= 0.3 is 0 Å². The van der Waals surface area contributed by atoms with Gasteiger partial charge in [-0.15, -0.1) is 0 Å². The summed E-state index contributed by atoms with van der Waals surface area (Å²) in [6, 6.07) is 8.12. The van der Waals surface area contributed by atoms with Crippen LogP contribution in [0.4, 0.5) is 0 Å². The van der Waals surface area contributed by atoms with Gasteiger partial charge in [0.15, 0.2) is 0 Å². The Balaban J connectivity index is 1.68. The number of hydrogen-bond acceptors (Lipinski definition) is 6. The van der Waals surface area contributed by atoms with Gasteiger partial charge in [0.25, 0.3) is 0 Å². The second kappa shape index (κ2) is 11.8. The summed E-state index contributed by atoms with van der Waals surface area (Å²) in [6.07, 6.45) is 1.67. The SMILES string of the molecule is CCN1CCN(C[C@@H](O)COc2cccc(CNCCSC)c2)CC1. The highest BCUT2D eigenvalue weighted by Gasteiger charge is 2.18. The van der Waals surface area contributed by atoms with E-state index in [0.717, 1.165) is 57.3 Å². The van der Waals surface area contributed by atoms with E-state index in [4.69, 9.17) is 4.74 Å². The molecule has 5 nitrogen and oxygen atoms in total. The van der Waals surface area contributed by atoms with Gasteiger partial charge in [-0.3, -0.25) is 4.90 Å². The molecular weight excluding hydrogens is 334 g/mol. The Labute approximate surface area is 156 Å². The third-order valence-corrected chi connectivity index (χ3v) is 5.15. The molecule has 0 radical (unpaired) electrons. The highest BCUT2D eigenvalue weighted by molar-refractivity contribution is 7.98. The highest BCUT2D eigenvalue weighted by atomic mass is 32.2. The molecule has 0 aliphatic carbocycles. The molecule has 25 heavy (non-hydrogen) atoms. The lowest BCUT2D eigenvalue weighted by atomic mass is 10.2. The lowest BCUT2D eigenvalue weighted by Crippen LogP contribution is -2.49. The first-order chi connectivity index (χ1) is 12.2. The van der Waals surface area contributed by atoms with Crippen molar-refractivity contribution in [3.05, 3.63) is 29.8 Å². The van der Waals surface area contributed by atoms with Gasteiger partial charge in [0, 0.05) is 51.6 Å². The van der Waals surface area contributed by atoms with Gasteiger partial charge in [0.1, 0.15) is 18.5 Å². The quantitative estimate of drug-likeness (QED) is 0.578. The molecule has 1 saturated heterocycles. The monoisotopic (exact) mass is 367 g/mol. The van der Waals surface area contributed by atoms with Gasteiger partial charge in [-0.1, -0.05) is 19.1 Å². The molecule has 0 amide bonds. The molecule has 1 aliphatic rings. The fourth-order valence-electron chi connectivity index (χ4n) is 2.98. The minimum Gasteiger partial charge on any atom is -0.491 e. The van der Waals surface area contributed by atoms with Gasteiger partial charge in [0.2, 0.25) is 0 Å². The van der Waals surface area contributed by atoms with Crippen molar-refractivity contribution >= 4 is 11.8 Å². The summed E-state index contributed by atoms with van der Waals surface area (Å²) >= 11 is 1.85. The number of hydrogen-bond donors (Lipinski definition) is 2. The normalized spacial score (nSPS) is 17.6. The van der Waals surface area contributed by atoms with Crippen LogP contribution in [0.2, 0.25) is 0 Å². The number of nitrogens with zero attached hydrogens (tertiary/aromatic N) is 2. The summed E-state index contributed by atoms with van der Waals surface area (Å²) in [7, 11) is 0. The van der Waals surface area contributed by atoms with Crippen LogP contribution in [-0.2, 0) is 6.54 Å². The molecule has 1 aromatic rings. The van der Waals surface area contributed by atoms with Crippen LogP contribution in [0.1, 0.15) is 12.5 Å². The number of aliphatic hydroxyl groups excluding tert-OH is 1. The number of thioether (sulfide) groups is 1.